The summed E-state index contributed by atoms with van der Waals surface area (Å²) >= 11 is 0. The Bertz CT molecular complexity index is 756. The van der Waals surface area contributed by atoms with E-state index in [2.05, 4.69) is 43.4 Å². The van der Waals surface area contributed by atoms with Crippen LogP contribution in [0.3, 0.4) is 0 Å². The van der Waals surface area contributed by atoms with E-state index in [4.69, 9.17) is 4.74 Å². The van der Waals surface area contributed by atoms with Crippen LogP contribution in [0.5, 0.6) is 5.75 Å². The molecule has 25 heavy (non-hydrogen) atoms. The highest BCUT2D eigenvalue weighted by atomic mass is 16.5. The number of hydrogen-bond acceptors (Lipinski definition) is 3. The highest BCUT2D eigenvalue weighted by Crippen LogP contribution is 2.22. The van der Waals surface area contributed by atoms with Gasteiger partial charge in [0.2, 0.25) is 0 Å². The van der Waals surface area contributed by atoms with Crippen molar-refractivity contribution in [1.82, 2.24) is 5.43 Å². The second kappa shape index (κ2) is 7.97. The zero-order valence-electron chi connectivity index (χ0n) is 15.6. The smallest absolute Gasteiger partial charge is 0.277 e. The molecule has 0 unspecified atom stereocenters. The van der Waals surface area contributed by atoms with E-state index in [0.717, 1.165) is 22.4 Å². The first-order chi connectivity index (χ1) is 11.8. The Kier molecular flexibility index (Phi) is 5.97. The minimum atomic E-state index is -0.288. The van der Waals surface area contributed by atoms with Gasteiger partial charge in [-0.25, -0.2) is 5.43 Å². The van der Waals surface area contributed by atoms with E-state index >= 15 is 0 Å². The normalized spacial score (nSPS) is 11.6. The second-order valence-corrected chi connectivity index (χ2v) is 7.15. The van der Waals surface area contributed by atoms with Gasteiger partial charge in [0.25, 0.3) is 5.91 Å². The van der Waals surface area contributed by atoms with Crippen LogP contribution in [0.2, 0.25) is 0 Å². The van der Waals surface area contributed by atoms with Crippen molar-refractivity contribution >= 4 is 12.1 Å². The van der Waals surface area contributed by atoms with Crippen LogP contribution < -0.4 is 10.2 Å². The van der Waals surface area contributed by atoms with Gasteiger partial charge in [0.1, 0.15) is 5.75 Å². The lowest BCUT2D eigenvalue weighted by Gasteiger charge is -2.18. The number of aryl methyl sites for hydroxylation is 1. The molecule has 0 bridgehead atoms. The summed E-state index contributed by atoms with van der Waals surface area (Å²) in [7, 11) is 0. The maximum Gasteiger partial charge on any atom is 0.277 e. The van der Waals surface area contributed by atoms with Crippen molar-refractivity contribution < 1.29 is 9.53 Å². The largest absolute Gasteiger partial charge is 0.483 e. The quantitative estimate of drug-likeness (QED) is 0.658. The van der Waals surface area contributed by atoms with Crippen LogP contribution in [0.1, 0.15) is 43.0 Å². The van der Waals surface area contributed by atoms with Crippen molar-refractivity contribution in [2.24, 2.45) is 5.10 Å². The van der Waals surface area contributed by atoms with Crippen LogP contribution in [0.15, 0.2) is 47.6 Å². The lowest BCUT2D eigenvalue weighted by molar-refractivity contribution is -0.123. The molecule has 0 radical (unpaired) electrons. The summed E-state index contributed by atoms with van der Waals surface area (Å²) in [5.74, 6) is 0.431. The molecule has 0 aliphatic heterocycles. The molecule has 0 heterocycles. The van der Waals surface area contributed by atoms with Crippen LogP contribution in [0.4, 0.5) is 0 Å². The molecule has 4 heteroatoms. The molecular weight excluding hydrogens is 312 g/mol. The van der Waals surface area contributed by atoms with Crippen LogP contribution in [0.25, 0.3) is 0 Å². The SMILES string of the molecule is Cc1cccc(OCC(=O)NN=Cc2ccc(C(C)(C)C)cc2)c1C. The topological polar surface area (TPSA) is 50.7 Å². The Morgan fingerprint density at radius 3 is 2.44 bits per heavy atom. The maximum absolute atomic E-state index is 11.8. The average Bonchev–Trinajstić information content (AvgIpc) is 2.56. The molecular formula is C21H26N2O2. The summed E-state index contributed by atoms with van der Waals surface area (Å²) in [5, 5.41) is 3.98. The van der Waals surface area contributed by atoms with Gasteiger partial charge in [-0.2, -0.15) is 5.10 Å². The lowest BCUT2D eigenvalue weighted by Crippen LogP contribution is -2.24. The summed E-state index contributed by atoms with van der Waals surface area (Å²) < 4.78 is 5.55. The molecule has 0 aliphatic carbocycles. The summed E-state index contributed by atoms with van der Waals surface area (Å²) in [6.07, 6.45) is 1.63. The van der Waals surface area contributed by atoms with Gasteiger partial charge in [0, 0.05) is 0 Å². The molecule has 1 N–H and O–H groups in total. The fraction of sp³-hybridized carbons (Fsp3) is 0.333. The van der Waals surface area contributed by atoms with Gasteiger partial charge in [-0.3, -0.25) is 4.79 Å². The van der Waals surface area contributed by atoms with Gasteiger partial charge in [0.15, 0.2) is 6.61 Å². The van der Waals surface area contributed by atoms with Gasteiger partial charge in [0.05, 0.1) is 6.21 Å². The number of nitrogens with one attached hydrogen (secondary N) is 1. The van der Waals surface area contributed by atoms with Gasteiger partial charge < -0.3 is 4.74 Å². The molecule has 4 nitrogen and oxygen atoms in total. The zero-order chi connectivity index (χ0) is 18.4. The minimum Gasteiger partial charge on any atom is -0.483 e. The first kappa shape index (κ1) is 18.7. The predicted octanol–water partition coefficient (Wildman–Crippen LogP) is 4.13. The van der Waals surface area contributed by atoms with Crippen molar-refractivity contribution in [2.75, 3.05) is 6.61 Å². The van der Waals surface area contributed by atoms with E-state index in [1.165, 1.54) is 5.56 Å². The Morgan fingerprint density at radius 1 is 1.12 bits per heavy atom. The molecule has 2 aromatic rings. The van der Waals surface area contributed by atoms with E-state index in [1.807, 2.05) is 44.2 Å². The molecule has 0 spiro atoms. The average molecular weight is 338 g/mol. The van der Waals surface area contributed by atoms with E-state index in [9.17, 15) is 4.79 Å². The van der Waals surface area contributed by atoms with Crippen molar-refractivity contribution in [3.05, 3.63) is 64.7 Å². The van der Waals surface area contributed by atoms with Crippen LogP contribution >= 0.6 is 0 Å². The zero-order valence-corrected chi connectivity index (χ0v) is 15.6. The van der Waals surface area contributed by atoms with E-state index < -0.39 is 0 Å². The number of hydrazone groups is 1. The third-order valence-electron chi connectivity index (χ3n) is 4.09. The molecule has 0 atom stereocenters. The van der Waals surface area contributed by atoms with Crippen molar-refractivity contribution in [3.8, 4) is 5.75 Å². The monoisotopic (exact) mass is 338 g/mol. The number of ether oxygens (including phenoxy) is 1. The fourth-order valence-electron chi connectivity index (χ4n) is 2.30. The van der Waals surface area contributed by atoms with E-state index in [0.29, 0.717) is 0 Å². The van der Waals surface area contributed by atoms with Crippen molar-refractivity contribution in [2.45, 2.75) is 40.0 Å². The summed E-state index contributed by atoms with van der Waals surface area (Å²) in [6.45, 7) is 10.4. The molecule has 132 valence electrons. The molecule has 0 saturated carbocycles. The highest BCUT2D eigenvalue weighted by molar-refractivity contribution is 5.83. The number of rotatable bonds is 5. The second-order valence-electron chi connectivity index (χ2n) is 7.15. The minimum absolute atomic E-state index is 0.0649. The number of hydrogen-bond donors (Lipinski definition) is 1. The number of carbonyl (C=O) groups excluding carboxylic acids is 1. The van der Waals surface area contributed by atoms with Gasteiger partial charge >= 0.3 is 0 Å². The summed E-state index contributed by atoms with van der Waals surface area (Å²) in [5.41, 5.74) is 6.97. The molecule has 0 aliphatic rings. The van der Waals surface area contributed by atoms with Crippen LogP contribution in [-0.4, -0.2) is 18.7 Å². The Hall–Kier alpha value is -2.62. The molecule has 0 aromatic heterocycles. The van der Waals surface area contributed by atoms with Gasteiger partial charge in [-0.05, 0) is 47.6 Å². The number of nitrogens with zero attached hydrogens (tertiary/aromatic N) is 1. The Labute approximate surface area is 149 Å². The van der Waals surface area contributed by atoms with Crippen molar-refractivity contribution in [1.29, 1.82) is 0 Å². The first-order valence-electron chi connectivity index (χ1n) is 8.39. The fourth-order valence-corrected chi connectivity index (χ4v) is 2.30. The van der Waals surface area contributed by atoms with Gasteiger partial charge in [-0.1, -0.05) is 57.2 Å². The molecule has 1 amide bonds. The number of amides is 1. The third-order valence-corrected chi connectivity index (χ3v) is 4.09. The molecule has 2 aromatic carbocycles. The van der Waals surface area contributed by atoms with Crippen LogP contribution in [-0.2, 0) is 10.2 Å². The Morgan fingerprint density at radius 2 is 1.80 bits per heavy atom. The predicted molar refractivity (Wildman–Crippen MR) is 102 cm³/mol. The molecule has 0 fully saturated rings. The van der Waals surface area contributed by atoms with Gasteiger partial charge in [-0.15, -0.1) is 0 Å². The van der Waals surface area contributed by atoms with E-state index in [-0.39, 0.29) is 17.9 Å². The molecule has 2 rings (SSSR count). The Balaban J connectivity index is 1.85. The van der Waals surface area contributed by atoms with E-state index in [1.54, 1.807) is 6.21 Å². The maximum atomic E-state index is 11.8. The lowest BCUT2D eigenvalue weighted by atomic mass is 9.87. The van der Waals surface area contributed by atoms with Crippen molar-refractivity contribution in [3.63, 3.8) is 0 Å². The van der Waals surface area contributed by atoms with Crippen LogP contribution in [0, 0.1) is 13.8 Å². The third kappa shape index (κ3) is 5.45. The number of carbonyl (C=O) groups is 1. The highest BCUT2D eigenvalue weighted by Gasteiger charge is 2.12. The number of benzene rings is 2. The summed E-state index contributed by atoms with van der Waals surface area (Å²) in [4.78, 5) is 11.8. The summed E-state index contributed by atoms with van der Waals surface area (Å²) in [6, 6.07) is 13.9. The first-order valence-corrected chi connectivity index (χ1v) is 8.39. The molecule has 0 saturated heterocycles. The standard InChI is InChI=1S/C21H26N2O2/c1-15-7-6-8-19(16(15)2)25-14-20(24)23-22-13-17-9-11-18(12-10-17)21(3,4)5/h6-13H,14H2,1-5H3,(H,23,24).